The molecule has 28 heavy (non-hydrogen) atoms. The molecule has 2 heterocycles. The lowest BCUT2D eigenvalue weighted by atomic mass is 9.95. The Balaban J connectivity index is 1.96. The number of hydrogen-bond donors (Lipinski definition) is 2. The van der Waals surface area contributed by atoms with Crippen molar-refractivity contribution in [1.29, 1.82) is 5.26 Å². The van der Waals surface area contributed by atoms with Crippen LogP contribution in [0.5, 0.6) is 0 Å². The Labute approximate surface area is 163 Å². The monoisotopic (exact) mass is 397 g/mol. The average Bonchev–Trinajstić information content (AvgIpc) is 2.67. The van der Waals surface area contributed by atoms with E-state index in [9.17, 15) is 23.3 Å². The summed E-state index contributed by atoms with van der Waals surface area (Å²) in [5, 5.41) is 14.2. The Bertz CT molecular complexity index is 689. The summed E-state index contributed by atoms with van der Waals surface area (Å²) in [5.41, 5.74) is 0.492. The van der Waals surface area contributed by atoms with Crippen LogP contribution in [0.15, 0.2) is 11.1 Å². The fourth-order valence-electron chi connectivity index (χ4n) is 3.51. The van der Waals surface area contributed by atoms with Gasteiger partial charge in [0.2, 0.25) is 24.4 Å². The van der Waals surface area contributed by atoms with Gasteiger partial charge < -0.3 is 10.6 Å². The number of carbonyl (C=O) groups excluding carboxylic acids is 2. The van der Waals surface area contributed by atoms with E-state index in [2.05, 4.69) is 16.7 Å². The number of piperidine rings is 1. The van der Waals surface area contributed by atoms with Crippen LogP contribution in [0.2, 0.25) is 0 Å². The quantitative estimate of drug-likeness (QED) is 0.707. The number of hydrogen-bond acceptors (Lipinski definition) is 4. The van der Waals surface area contributed by atoms with Gasteiger partial charge in [-0.2, -0.15) is 5.26 Å². The number of alkyl halides is 2. The number of amides is 2. The van der Waals surface area contributed by atoms with Gasteiger partial charge in [-0.15, -0.1) is 0 Å². The molecule has 0 aromatic carbocycles. The lowest BCUT2D eigenvalue weighted by Crippen LogP contribution is -2.43. The van der Waals surface area contributed by atoms with Crippen LogP contribution in [0.3, 0.4) is 0 Å². The second-order valence-electron chi connectivity index (χ2n) is 7.53. The lowest BCUT2D eigenvalue weighted by molar-refractivity contribution is -0.598. The Morgan fingerprint density at radius 1 is 1.32 bits per heavy atom. The highest BCUT2D eigenvalue weighted by Crippen LogP contribution is 2.23. The summed E-state index contributed by atoms with van der Waals surface area (Å²) >= 11 is 0. The molecule has 1 saturated heterocycles. The molecule has 0 aliphatic carbocycles. The van der Waals surface area contributed by atoms with Crippen LogP contribution in [0.25, 0.3) is 0 Å². The van der Waals surface area contributed by atoms with Gasteiger partial charge in [-0.1, -0.05) is 5.57 Å². The molecule has 2 amide bonds. The van der Waals surface area contributed by atoms with Crippen molar-refractivity contribution >= 4 is 11.8 Å². The standard InChI is InChI=1S/C19H26F2N4O3/c1-12-7-17(21)16(20)3-2-6-23-19(27)15(12)8-18(26)24-10-14-5-4-13(9-22)11-25(14)28/h13-14,16-17H,2-8,10-11H2,1H3,(H-,23,24,26,27)/p+1/b15-12-. The molecule has 0 aromatic rings. The Morgan fingerprint density at radius 3 is 2.75 bits per heavy atom. The average molecular weight is 397 g/mol. The maximum atomic E-state index is 14.0. The van der Waals surface area contributed by atoms with Gasteiger partial charge in [-0.25, -0.2) is 8.78 Å². The summed E-state index contributed by atoms with van der Waals surface area (Å²) in [5.74, 6) is -1.20. The van der Waals surface area contributed by atoms with Crippen molar-refractivity contribution in [2.45, 2.75) is 63.8 Å². The van der Waals surface area contributed by atoms with E-state index in [1.54, 1.807) is 0 Å². The van der Waals surface area contributed by atoms with E-state index >= 15 is 0 Å². The third kappa shape index (κ3) is 6.08. The van der Waals surface area contributed by atoms with Crippen molar-refractivity contribution < 1.29 is 23.1 Å². The van der Waals surface area contributed by atoms with E-state index in [1.807, 2.05) is 0 Å². The fraction of sp³-hybridized carbons (Fsp3) is 0.737. The van der Waals surface area contributed by atoms with Gasteiger partial charge in [0.05, 0.1) is 19.0 Å². The highest BCUT2D eigenvalue weighted by atomic mass is 19.2. The molecule has 4 atom stereocenters. The van der Waals surface area contributed by atoms with Crippen molar-refractivity contribution in [3.63, 3.8) is 0 Å². The minimum atomic E-state index is -1.70. The zero-order valence-electron chi connectivity index (χ0n) is 16.0. The molecule has 2 aliphatic heterocycles. The van der Waals surface area contributed by atoms with E-state index < -0.39 is 30.2 Å². The predicted octanol–water partition coefficient (Wildman–Crippen LogP) is 1.87. The molecule has 0 aromatic heterocycles. The first-order chi connectivity index (χ1) is 13.3. The number of allylic oxidation sites excluding steroid dienone is 1. The summed E-state index contributed by atoms with van der Waals surface area (Å²) in [6, 6.07) is 1.66. The number of nitriles is 1. The van der Waals surface area contributed by atoms with Gasteiger partial charge in [0.1, 0.15) is 18.3 Å². The number of halogens is 2. The Kier molecular flexibility index (Phi) is 8.03. The third-order valence-electron chi connectivity index (χ3n) is 5.34. The summed E-state index contributed by atoms with van der Waals surface area (Å²) in [7, 11) is 0. The van der Waals surface area contributed by atoms with Crippen LogP contribution in [0, 0.1) is 22.2 Å². The van der Waals surface area contributed by atoms with Gasteiger partial charge in [-0.3, -0.25) is 9.59 Å². The van der Waals surface area contributed by atoms with E-state index in [1.165, 1.54) is 6.92 Å². The van der Waals surface area contributed by atoms with Gasteiger partial charge in [-0.05, 0) is 26.2 Å². The Morgan fingerprint density at radius 2 is 2.07 bits per heavy atom. The van der Waals surface area contributed by atoms with Gasteiger partial charge >= 0.3 is 0 Å². The summed E-state index contributed by atoms with van der Waals surface area (Å²) in [4.78, 5) is 36.6. The van der Waals surface area contributed by atoms with Crippen molar-refractivity contribution in [2.24, 2.45) is 5.92 Å². The van der Waals surface area contributed by atoms with Gasteiger partial charge in [0.25, 0.3) is 0 Å². The molecule has 4 unspecified atom stereocenters. The second-order valence-corrected chi connectivity index (χ2v) is 7.53. The van der Waals surface area contributed by atoms with Crippen LogP contribution in [0.4, 0.5) is 8.78 Å². The predicted molar refractivity (Wildman–Crippen MR) is 97.6 cm³/mol. The molecular formula is C19H27F2N4O3+. The smallest absolute Gasteiger partial charge is 0.247 e. The fourth-order valence-corrected chi connectivity index (χ4v) is 3.51. The van der Waals surface area contributed by atoms with Crippen LogP contribution in [-0.4, -0.2) is 54.6 Å². The highest BCUT2D eigenvalue weighted by Gasteiger charge is 2.35. The number of nitrogens with one attached hydrogen (secondary N) is 2. The summed E-state index contributed by atoms with van der Waals surface area (Å²) in [6.07, 6.45) is -2.30. The maximum absolute atomic E-state index is 14.0. The summed E-state index contributed by atoms with van der Waals surface area (Å²) < 4.78 is 28.6. The normalized spacial score (nSPS) is 32.2. The van der Waals surface area contributed by atoms with Crippen molar-refractivity contribution in [3.8, 4) is 6.07 Å². The van der Waals surface area contributed by atoms with Crippen molar-refractivity contribution in [3.05, 3.63) is 16.1 Å². The molecule has 1 fully saturated rings. The third-order valence-corrected chi connectivity index (χ3v) is 5.34. The van der Waals surface area contributed by atoms with E-state index in [4.69, 9.17) is 5.26 Å². The zero-order chi connectivity index (χ0) is 20.7. The topological polar surface area (TPSA) is 102 Å². The molecule has 0 bridgehead atoms. The first-order valence-corrected chi connectivity index (χ1v) is 9.66. The number of nitrogens with zero attached hydrogens (tertiary/aromatic N) is 2. The minimum absolute atomic E-state index is 0.0459. The first kappa shape index (κ1) is 21.9. The maximum Gasteiger partial charge on any atom is 0.247 e. The van der Waals surface area contributed by atoms with Crippen molar-refractivity contribution in [2.75, 3.05) is 19.6 Å². The number of nitroso groups, excluding NO2 is 1. The van der Waals surface area contributed by atoms with Crippen LogP contribution < -0.4 is 10.6 Å². The molecule has 2 aliphatic rings. The number of rotatable bonds is 4. The molecule has 154 valence electrons. The van der Waals surface area contributed by atoms with Gasteiger partial charge in [0.15, 0.2) is 0 Å². The molecule has 0 saturated carbocycles. The second kappa shape index (κ2) is 10.2. The van der Waals surface area contributed by atoms with Crippen molar-refractivity contribution in [1.82, 2.24) is 10.6 Å². The van der Waals surface area contributed by atoms with E-state index in [-0.39, 0.29) is 50.4 Å². The van der Waals surface area contributed by atoms with Gasteiger partial charge in [0, 0.05) is 34.6 Å². The molecular weight excluding hydrogens is 370 g/mol. The van der Waals surface area contributed by atoms with Crippen LogP contribution in [0.1, 0.15) is 45.4 Å². The minimum Gasteiger partial charge on any atom is -0.352 e. The molecule has 0 radical (unpaired) electrons. The lowest BCUT2D eigenvalue weighted by Gasteiger charge is -2.20. The molecule has 2 rings (SSSR count). The van der Waals surface area contributed by atoms with E-state index in [0.29, 0.717) is 24.8 Å². The first-order valence-electron chi connectivity index (χ1n) is 9.66. The number of carbonyl (C=O) groups is 2. The zero-order valence-corrected chi connectivity index (χ0v) is 16.0. The summed E-state index contributed by atoms with van der Waals surface area (Å²) in [6.45, 7) is 1.99. The molecule has 2 N–H and O–H groups in total. The molecule has 7 nitrogen and oxygen atoms in total. The van der Waals surface area contributed by atoms with Crippen LogP contribution >= 0.6 is 0 Å². The SMILES string of the molecule is C/C1=C(\CC(=O)NCC2CCC(C#N)C[N+]2=O)C(=O)NCCCC(F)C(F)C1. The van der Waals surface area contributed by atoms with Crippen LogP contribution in [-0.2, 0) is 9.59 Å². The highest BCUT2D eigenvalue weighted by molar-refractivity contribution is 5.99. The molecule has 9 heteroatoms. The van der Waals surface area contributed by atoms with E-state index in [0.717, 1.165) is 4.76 Å². The molecule has 0 spiro atoms. The Hall–Kier alpha value is -2.37. The largest absolute Gasteiger partial charge is 0.352 e.